The number of nitrogens with one attached hydrogen (secondary N) is 1. The van der Waals surface area contributed by atoms with Gasteiger partial charge in [-0.2, -0.15) is 0 Å². The van der Waals surface area contributed by atoms with Crippen LogP contribution in [0.15, 0.2) is 0 Å². The molecule has 3 heteroatoms. The van der Waals surface area contributed by atoms with Crippen molar-refractivity contribution in [3.05, 3.63) is 0 Å². The van der Waals surface area contributed by atoms with Gasteiger partial charge < -0.3 is 10.2 Å². The summed E-state index contributed by atoms with van der Waals surface area (Å²) in [6.07, 6.45) is 2.69. The molecule has 1 N–H and O–H groups in total. The minimum Gasteiger partial charge on any atom is -0.317 e. The summed E-state index contributed by atoms with van der Waals surface area (Å²) in [4.78, 5) is 5.28. The molecule has 0 bridgehead atoms. The van der Waals surface area contributed by atoms with E-state index in [1.54, 1.807) is 0 Å². The molecule has 2 rings (SSSR count). The van der Waals surface area contributed by atoms with Crippen LogP contribution < -0.4 is 5.32 Å². The first-order valence-corrected chi connectivity index (χ1v) is 7.26. The summed E-state index contributed by atoms with van der Waals surface area (Å²) in [6.45, 7) is 15.9. The van der Waals surface area contributed by atoms with Crippen molar-refractivity contribution in [2.45, 2.75) is 39.7 Å². The Morgan fingerprint density at radius 1 is 1.06 bits per heavy atom. The Morgan fingerprint density at radius 2 is 1.65 bits per heavy atom. The molecule has 0 aromatic rings. The summed E-state index contributed by atoms with van der Waals surface area (Å²) in [6, 6.07) is 0.714. The maximum absolute atomic E-state index is 3.47. The van der Waals surface area contributed by atoms with E-state index in [4.69, 9.17) is 0 Å². The van der Waals surface area contributed by atoms with Crippen LogP contribution in [0.25, 0.3) is 0 Å². The maximum Gasteiger partial charge on any atom is 0.0113 e. The molecule has 0 unspecified atom stereocenters. The highest BCUT2D eigenvalue weighted by molar-refractivity contribution is 4.85. The van der Waals surface area contributed by atoms with Crippen molar-refractivity contribution in [3.8, 4) is 0 Å². The number of hydrogen-bond donors (Lipinski definition) is 1. The molecule has 0 saturated carbocycles. The summed E-state index contributed by atoms with van der Waals surface area (Å²) in [5.74, 6) is 0. The molecule has 2 aliphatic rings. The van der Waals surface area contributed by atoms with Crippen molar-refractivity contribution >= 4 is 0 Å². The minimum atomic E-state index is 0.561. The number of rotatable bonds is 3. The molecule has 2 saturated heterocycles. The molecule has 2 fully saturated rings. The molecule has 100 valence electrons. The molecule has 2 heterocycles. The van der Waals surface area contributed by atoms with Crippen LogP contribution in [0, 0.1) is 5.41 Å². The molecule has 0 aromatic carbocycles. The molecule has 0 aromatic heterocycles. The summed E-state index contributed by atoms with van der Waals surface area (Å²) in [5.41, 5.74) is 0.561. The fourth-order valence-corrected chi connectivity index (χ4v) is 3.17. The van der Waals surface area contributed by atoms with Crippen LogP contribution in [0.1, 0.15) is 33.6 Å². The lowest BCUT2D eigenvalue weighted by Crippen LogP contribution is -2.52. The molecule has 0 atom stereocenters. The van der Waals surface area contributed by atoms with Crippen molar-refractivity contribution in [2.24, 2.45) is 5.41 Å². The van der Waals surface area contributed by atoms with E-state index in [1.807, 2.05) is 0 Å². The van der Waals surface area contributed by atoms with Crippen LogP contribution in [0.3, 0.4) is 0 Å². The largest absolute Gasteiger partial charge is 0.317 e. The molecule has 0 amide bonds. The van der Waals surface area contributed by atoms with E-state index in [-0.39, 0.29) is 0 Å². The van der Waals surface area contributed by atoms with E-state index in [0.29, 0.717) is 11.5 Å². The third-order valence-corrected chi connectivity index (χ3v) is 4.55. The van der Waals surface area contributed by atoms with E-state index in [1.165, 1.54) is 58.7 Å². The van der Waals surface area contributed by atoms with Gasteiger partial charge in [-0.05, 0) is 45.2 Å². The van der Waals surface area contributed by atoms with E-state index >= 15 is 0 Å². The Labute approximate surface area is 107 Å². The van der Waals surface area contributed by atoms with E-state index in [0.717, 1.165) is 0 Å². The van der Waals surface area contributed by atoms with Crippen LogP contribution in [0.2, 0.25) is 0 Å². The number of piperazine rings is 1. The number of piperidine rings is 1. The standard InChI is InChI=1S/C14H29N3/c1-13(2)17-10-8-16(9-11-17)12-14(3)4-6-15-7-5-14/h13,15H,4-12H2,1-3H3. The first-order valence-electron chi connectivity index (χ1n) is 7.26. The third-order valence-electron chi connectivity index (χ3n) is 4.55. The van der Waals surface area contributed by atoms with Crippen molar-refractivity contribution in [1.82, 2.24) is 15.1 Å². The Kier molecular flexibility index (Phi) is 4.45. The topological polar surface area (TPSA) is 18.5 Å². The predicted molar refractivity (Wildman–Crippen MR) is 73.4 cm³/mol. The van der Waals surface area contributed by atoms with Gasteiger partial charge in [0, 0.05) is 38.8 Å². The van der Waals surface area contributed by atoms with Gasteiger partial charge in [0.2, 0.25) is 0 Å². The van der Waals surface area contributed by atoms with Crippen molar-refractivity contribution in [2.75, 3.05) is 45.8 Å². The third kappa shape index (κ3) is 3.67. The SMILES string of the molecule is CC(C)N1CCN(CC2(C)CCNCC2)CC1. The fourth-order valence-electron chi connectivity index (χ4n) is 3.17. The van der Waals surface area contributed by atoms with Gasteiger partial charge in [-0.25, -0.2) is 0 Å². The summed E-state index contributed by atoms with van der Waals surface area (Å²) in [5, 5.41) is 3.47. The molecule has 0 spiro atoms. The first-order chi connectivity index (χ1) is 8.09. The van der Waals surface area contributed by atoms with Gasteiger partial charge in [-0.3, -0.25) is 4.90 Å². The summed E-state index contributed by atoms with van der Waals surface area (Å²) in [7, 11) is 0. The van der Waals surface area contributed by atoms with Crippen LogP contribution >= 0.6 is 0 Å². The van der Waals surface area contributed by atoms with Gasteiger partial charge in [0.15, 0.2) is 0 Å². The number of hydrogen-bond acceptors (Lipinski definition) is 3. The van der Waals surface area contributed by atoms with Crippen LogP contribution in [0.5, 0.6) is 0 Å². The first kappa shape index (κ1) is 13.3. The molecule has 0 aliphatic carbocycles. The molecule has 2 aliphatic heterocycles. The van der Waals surface area contributed by atoms with Gasteiger partial charge in [0.1, 0.15) is 0 Å². The zero-order chi connectivity index (χ0) is 12.3. The maximum atomic E-state index is 3.47. The van der Waals surface area contributed by atoms with Crippen LogP contribution in [-0.4, -0.2) is 61.7 Å². The predicted octanol–water partition coefficient (Wildman–Crippen LogP) is 1.40. The van der Waals surface area contributed by atoms with Gasteiger partial charge in [-0.15, -0.1) is 0 Å². The lowest BCUT2D eigenvalue weighted by molar-refractivity contribution is 0.0639. The highest BCUT2D eigenvalue weighted by atomic mass is 15.3. The second kappa shape index (κ2) is 5.68. The minimum absolute atomic E-state index is 0.561. The Balaban J connectivity index is 1.77. The molecular formula is C14H29N3. The normalized spacial score (nSPS) is 27.5. The van der Waals surface area contributed by atoms with Crippen molar-refractivity contribution in [1.29, 1.82) is 0 Å². The van der Waals surface area contributed by atoms with E-state index in [9.17, 15) is 0 Å². The fraction of sp³-hybridized carbons (Fsp3) is 1.00. The van der Waals surface area contributed by atoms with Crippen molar-refractivity contribution < 1.29 is 0 Å². The zero-order valence-electron chi connectivity index (χ0n) is 11.8. The van der Waals surface area contributed by atoms with E-state index in [2.05, 4.69) is 35.9 Å². The Bertz CT molecular complexity index is 226. The average Bonchev–Trinajstić information content (AvgIpc) is 2.30. The Hall–Kier alpha value is -0.120. The zero-order valence-corrected chi connectivity index (χ0v) is 11.8. The lowest BCUT2D eigenvalue weighted by Gasteiger charge is -2.43. The van der Waals surface area contributed by atoms with E-state index < -0.39 is 0 Å². The van der Waals surface area contributed by atoms with Crippen LogP contribution in [-0.2, 0) is 0 Å². The molecule has 17 heavy (non-hydrogen) atoms. The highest BCUT2D eigenvalue weighted by Crippen LogP contribution is 2.29. The summed E-state index contributed by atoms with van der Waals surface area (Å²) >= 11 is 0. The van der Waals surface area contributed by atoms with Gasteiger partial charge in [-0.1, -0.05) is 6.92 Å². The van der Waals surface area contributed by atoms with Gasteiger partial charge in [0.05, 0.1) is 0 Å². The van der Waals surface area contributed by atoms with Gasteiger partial charge in [0.25, 0.3) is 0 Å². The highest BCUT2D eigenvalue weighted by Gasteiger charge is 2.30. The van der Waals surface area contributed by atoms with Crippen molar-refractivity contribution in [3.63, 3.8) is 0 Å². The van der Waals surface area contributed by atoms with Crippen LogP contribution in [0.4, 0.5) is 0 Å². The quantitative estimate of drug-likeness (QED) is 0.803. The second-order valence-corrected chi connectivity index (χ2v) is 6.47. The average molecular weight is 239 g/mol. The number of nitrogens with zero attached hydrogens (tertiary/aromatic N) is 2. The monoisotopic (exact) mass is 239 g/mol. The lowest BCUT2D eigenvalue weighted by atomic mass is 9.80. The molecule has 3 nitrogen and oxygen atoms in total. The summed E-state index contributed by atoms with van der Waals surface area (Å²) < 4.78 is 0. The molecule has 0 radical (unpaired) electrons. The second-order valence-electron chi connectivity index (χ2n) is 6.47. The van der Waals surface area contributed by atoms with Gasteiger partial charge >= 0.3 is 0 Å². The Morgan fingerprint density at radius 3 is 2.18 bits per heavy atom. The smallest absolute Gasteiger partial charge is 0.0113 e. The molecular weight excluding hydrogens is 210 g/mol.